The van der Waals surface area contributed by atoms with Gasteiger partial charge in [-0.2, -0.15) is 5.26 Å². The standard InChI is InChI=1S/C10H18N2O/c1-9(6-11)7-12-8-10(13-2)4-3-5-10/h9,12H,3-5,7-8H2,1-2H3. The highest BCUT2D eigenvalue weighted by atomic mass is 16.5. The Morgan fingerprint density at radius 3 is 2.69 bits per heavy atom. The second-order valence-electron chi connectivity index (χ2n) is 3.90. The first-order valence-corrected chi connectivity index (χ1v) is 4.88. The van der Waals surface area contributed by atoms with E-state index in [0.717, 1.165) is 25.9 Å². The van der Waals surface area contributed by atoms with Crippen molar-refractivity contribution in [3.8, 4) is 6.07 Å². The van der Waals surface area contributed by atoms with Gasteiger partial charge in [-0.15, -0.1) is 0 Å². The monoisotopic (exact) mass is 182 g/mol. The molecule has 0 aliphatic heterocycles. The highest BCUT2D eigenvalue weighted by Crippen LogP contribution is 2.34. The quantitative estimate of drug-likeness (QED) is 0.697. The minimum absolute atomic E-state index is 0.0785. The molecule has 1 aliphatic carbocycles. The Morgan fingerprint density at radius 1 is 1.62 bits per heavy atom. The molecule has 0 amide bonds. The fraction of sp³-hybridized carbons (Fsp3) is 0.900. The Hall–Kier alpha value is -0.590. The molecule has 74 valence electrons. The van der Waals surface area contributed by atoms with Crippen LogP contribution < -0.4 is 5.32 Å². The van der Waals surface area contributed by atoms with Crippen molar-refractivity contribution >= 4 is 0 Å². The van der Waals surface area contributed by atoms with Crippen molar-refractivity contribution in [2.24, 2.45) is 5.92 Å². The fourth-order valence-corrected chi connectivity index (χ4v) is 1.59. The minimum atomic E-state index is 0.0785. The second kappa shape index (κ2) is 4.59. The van der Waals surface area contributed by atoms with Crippen molar-refractivity contribution < 1.29 is 4.74 Å². The first-order valence-electron chi connectivity index (χ1n) is 4.88. The molecule has 1 atom stereocenters. The maximum atomic E-state index is 8.57. The van der Waals surface area contributed by atoms with E-state index in [9.17, 15) is 0 Å². The van der Waals surface area contributed by atoms with E-state index in [-0.39, 0.29) is 11.5 Å². The number of ether oxygens (including phenoxy) is 1. The van der Waals surface area contributed by atoms with Crippen molar-refractivity contribution in [3.05, 3.63) is 0 Å². The van der Waals surface area contributed by atoms with E-state index in [4.69, 9.17) is 10.00 Å². The van der Waals surface area contributed by atoms with E-state index in [0.29, 0.717) is 0 Å². The van der Waals surface area contributed by atoms with Crippen LogP contribution in [-0.2, 0) is 4.74 Å². The molecule has 1 aliphatic rings. The van der Waals surface area contributed by atoms with E-state index in [1.807, 2.05) is 6.92 Å². The normalized spacial score (nSPS) is 21.6. The van der Waals surface area contributed by atoms with Gasteiger partial charge in [0.05, 0.1) is 17.6 Å². The van der Waals surface area contributed by atoms with E-state index >= 15 is 0 Å². The van der Waals surface area contributed by atoms with Crippen LogP contribution in [0.2, 0.25) is 0 Å². The lowest BCUT2D eigenvalue weighted by Gasteiger charge is -2.40. The van der Waals surface area contributed by atoms with Gasteiger partial charge in [-0.3, -0.25) is 0 Å². The molecule has 0 bridgehead atoms. The molecule has 0 saturated heterocycles. The maximum Gasteiger partial charge on any atom is 0.0802 e. The number of rotatable bonds is 5. The van der Waals surface area contributed by atoms with Gasteiger partial charge in [-0.25, -0.2) is 0 Å². The highest BCUT2D eigenvalue weighted by molar-refractivity contribution is 4.92. The van der Waals surface area contributed by atoms with Crippen molar-refractivity contribution in [1.29, 1.82) is 5.26 Å². The lowest BCUT2D eigenvalue weighted by molar-refractivity contribution is -0.0694. The average molecular weight is 182 g/mol. The van der Waals surface area contributed by atoms with Gasteiger partial charge in [-0.1, -0.05) is 0 Å². The summed E-state index contributed by atoms with van der Waals surface area (Å²) in [5.74, 6) is 0.0917. The summed E-state index contributed by atoms with van der Waals surface area (Å²) in [6.45, 7) is 3.57. The fourth-order valence-electron chi connectivity index (χ4n) is 1.59. The molecule has 3 heteroatoms. The van der Waals surface area contributed by atoms with E-state index in [1.165, 1.54) is 6.42 Å². The SMILES string of the molecule is COC1(CNCC(C)C#N)CCC1. The molecule has 1 saturated carbocycles. The van der Waals surface area contributed by atoms with Gasteiger partial charge in [0.15, 0.2) is 0 Å². The van der Waals surface area contributed by atoms with E-state index < -0.39 is 0 Å². The summed E-state index contributed by atoms with van der Waals surface area (Å²) >= 11 is 0. The lowest BCUT2D eigenvalue weighted by Crippen LogP contribution is -2.48. The molecule has 1 fully saturated rings. The molecule has 0 radical (unpaired) electrons. The van der Waals surface area contributed by atoms with Gasteiger partial charge in [0.25, 0.3) is 0 Å². The maximum absolute atomic E-state index is 8.57. The molecular weight excluding hydrogens is 164 g/mol. The van der Waals surface area contributed by atoms with Gasteiger partial charge in [-0.05, 0) is 26.2 Å². The van der Waals surface area contributed by atoms with Crippen LogP contribution in [0.25, 0.3) is 0 Å². The number of nitrogens with zero attached hydrogens (tertiary/aromatic N) is 1. The Morgan fingerprint density at radius 2 is 2.31 bits per heavy atom. The zero-order chi connectivity index (χ0) is 9.73. The van der Waals surface area contributed by atoms with Crippen LogP contribution in [-0.4, -0.2) is 25.8 Å². The highest BCUT2D eigenvalue weighted by Gasteiger charge is 2.36. The number of nitriles is 1. The number of nitrogens with one attached hydrogen (secondary N) is 1. The third-order valence-corrected chi connectivity index (χ3v) is 2.82. The molecule has 0 aromatic heterocycles. The van der Waals surface area contributed by atoms with Gasteiger partial charge in [0.2, 0.25) is 0 Å². The van der Waals surface area contributed by atoms with Gasteiger partial charge < -0.3 is 10.1 Å². The van der Waals surface area contributed by atoms with Crippen molar-refractivity contribution in [2.45, 2.75) is 31.8 Å². The van der Waals surface area contributed by atoms with Gasteiger partial charge in [0.1, 0.15) is 0 Å². The van der Waals surface area contributed by atoms with Crippen LogP contribution in [0, 0.1) is 17.2 Å². The van der Waals surface area contributed by atoms with Crippen molar-refractivity contribution in [3.63, 3.8) is 0 Å². The summed E-state index contributed by atoms with van der Waals surface area (Å²) in [4.78, 5) is 0. The molecule has 0 spiro atoms. The van der Waals surface area contributed by atoms with Crippen LogP contribution in [0.3, 0.4) is 0 Å². The van der Waals surface area contributed by atoms with Gasteiger partial charge >= 0.3 is 0 Å². The van der Waals surface area contributed by atoms with Crippen molar-refractivity contribution in [1.82, 2.24) is 5.32 Å². The van der Waals surface area contributed by atoms with Gasteiger partial charge in [0, 0.05) is 20.2 Å². The van der Waals surface area contributed by atoms with Crippen LogP contribution in [0.15, 0.2) is 0 Å². The summed E-state index contributed by atoms with van der Waals surface area (Å²) in [6, 6.07) is 2.20. The van der Waals surface area contributed by atoms with Crippen LogP contribution in [0.5, 0.6) is 0 Å². The molecule has 1 unspecified atom stereocenters. The molecule has 1 rings (SSSR count). The van der Waals surface area contributed by atoms with E-state index in [1.54, 1.807) is 7.11 Å². The predicted octanol–water partition coefficient (Wildman–Crippen LogP) is 1.30. The van der Waals surface area contributed by atoms with Crippen LogP contribution in [0.1, 0.15) is 26.2 Å². The Balaban J connectivity index is 2.15. The summed E-state index contributed by atoms with van der Waals surface area (Å²) < 4.78 is 5.44. The number of methoxy groups -OCH3 is 1. The molecule has 0 heterocycles. The first kappa shape index (κ1) is 10.5. The third-order valence-electron chi connectivity index (χ3n) is 2.82. The number of hydrogen-bond acceptors (Lipinski definition) is 3. The predicted molar refractivity (Wildman–Crippen MR) is 51.2 cm³/mol. The summed E-state index contributed by atoms with van der Waals surface area (Å²) in [5, 5.41) is 11.9. The largest absolute Gasteiger partial charge is 0.377 e. The average Bonchev–Trinajstić information content (AvgIpc) is 2.09. The summed E-state index contributed by atoms with van der Waals surface area (Å²) in [5.41, 5.74) is 0.0785. The minimum Gasteiger partial charge on any atom is -0.377 e. The third kappa shape index (κ3) is 2.68. The number of hydrogen-bond donors (Lipinski definition) is 1. The van der Waals surface area contributed by atoms with Crippen molar-refractivity contribution in [2.75, 3.05) is 20.2 Å². The molecule has 0 aromatic rings. The second-order valence-corrected chi connectivity index (χ2v) is 3.90. The first-order chi connectivity index (χ1) is 6.22. The topological polar surface area (TPSA) is 45.0 Å². The summed E-state index contributed by atoms with van der Waals surface area (Å²) in [7, 11) is 1.77. The molecular formula is C10H18N2O. The van der Waals surface area contributed by atoms with Crippen LogP contribution >= 0.6 is 0 Å². The zero-order valence-corrected chi connectivity index (χ0v) is 8.47. The Labute approximate surface area is 80.1 Å². The molecule has 3 nitrogen and oxygen atoms in total. The molecule has 0 aromatic carbocycles. The smallest absolute Gasteiger partial charge is 0.0802 e. The Kier molecular flexibility index (Phi) is 3.71. The molecule has 1 N–H and O–H groups in total. The lowest BCUT2D eigenvalue weighted by atomic mass is 9.80. The zero-order valence-electron chi connectivity index (χ0n) is 8.47. The Bertz CT molecular complexity index is 188. The molecule has 13 heavy (non-hydrogen) atoms. The summed E-state index contributed by atoms with van der Waals surface area (Å²) in [6.07, 6.45) is 3.57. The van der Waals surface area contributed by atoms with E-state index in [2.05, 4.69) is 11.4 Å². The van der Waals surface area contributed by atoms with Crippen LogP contribution in [0.4, 0.5) is 0 Å².